The highest BCUT2D eigenvalue weighted by Gasteiger charge is 2.07. The number of rotatable bonds is 3. The molecule has 1 aromatic heterocycles. The quantitative estimate of drug-likeness (QED) is 0.443. The van der Waals surface area contributed by atoms with Crippen LogP contribution in [-0.4, -0.2) is 0 Å². The summed E-state index contributed by atoms with van der Waals surface area (Å²) in [4.78, 5) is 2.50. The molecule has 106 valence electrons. The van der Waals surface area contributed by atoms with E-state index in [1.54, 1.807) is 11.3 Å². The highest BCUT2D eigenvalue weighted by Crippen LogP contribution is 2.32. The van der Waals surface area contributed by atoms with Crippen molar-refractivity contribution in [3.05, 3.63) is 79.6 Å². The maximum Gasteiger partial charge on any atom is 0.0442 e. The molecule has 4 heteroatoms. The molecule has 21 heavy (non-hydrogen) atoms. The van der Waals surface area contributed by atoms with Crippen molar-refractivity contribution in [3.8, 4) is 10.4 Å². The molecule has 0 radical (unpaired) electrons. The summed E-state index contributed by atoms with van der Waals surface area (Å²) >= 11 is 17.6. The van der Waals surface area contributed by atoms with E-state index < -0.39 is 0 Å². The van der Waals surface area contributed by atoms with Crippen LogP contribution in [0.2, 0.25) is 10.0 Å². The lowest BCUT2D eigenvalue weighted by atomic mass is 10.1. The van der Waals surface area contributed by atoms with Gasteiger partial charge in [-0.15, -0.1) is 11.3 Å². The van der Waals surface area contributed by atoms with Crippen LogP contribution in [0.5, 0.6) is 0 Å². The van der Waals surface area contributed by atoms with Gasteiger partial charge in [0.05, 0.1) is 0 Å². The van der Waals surface area contributed by atoms with E-state index in [2.05, 4.69) is 40.2 Å². The van der Waals surface area contributed by atoms with Gasteiger partial charge >= 0.3 is 0 Å². The summed E-state index contributed by atoms with van der Waals surface area (Å²) in [6.45, 7) is 0. The zero-order valence-corrected chi connectivity index (χ0v) is 14.9. The minimum atomic E-state index is 0.762. The van der Waals surface area contributed by atoms with E-state index in [0.717, 1.165) is 32.1 Å². The minimum Gasteiger partial charge on any atom is -0.140 e. The van der Waals surface area contributed by atoms with Crippen LogP contribution < -0.4 is 0 Å². The average molecular weight is 398 g/mol. The lowest BCUT2D eigenvalue weighted by Gasteiger charge is -2.03. The van der Waals surface area contributed by atoms with Gasteiger partial charge in [-0.05, 0) is 53.6 Å². The first-order chi connectivity index (χ1) is 10.1. The Kier molecular flexibility index (Phi) is 4.70. The molecule has 2 aromatic carbocycles. The molecule has 3 aromatic rings. The van der Waals surface area contributed by atoms with Crippen molar-refractivity contribution < 1.29 is 0 Å². The van der Waals surface area contributed by atoms with Gasteiger partial charge in [0.15, 0.2) is 0 Å². The Labute approximate surface area is 146 Å². The second-order valence-electron chi connectivity index (χ2n) is 4.69. The molecule has 0 amide bonds. The van der Waals surface area contributed by atoms with Gasteiger partial charge in [0.1, 0.15) is 0 Å². The van der Waals surface area contributed by atoms with E-state index >= 15 is 0 Å². The molecule has 1 heterocycles. The third-order valence-corrected chi connectivity index (χ3v) is 5.37. The fourth-order valence-corrected chi connectivity index (χ4v) is 3.95. The van der Waals surface area contributed by atoms with Gasteiger partial charge in [0, 0.05) is 30.7 Å². The molecule has 0 saturated heterocycles. The SMILES string of the molecule is Clc1cccc(-c2ccc(Cc3cc(Br)ccc3Cl)s2)c1. The molecule has 0 saturated carbocycles. The van der Waals surface area contributed by atoms with Crippen molar-refractivity contribution in [1.29, 1.82) is 0 Å². The lowest BCUT2D eigenvalue weighted by molar-refractivity contribution is 1.24. The highest BCUT2D eigenvalue weighted by atomic mass is 79.9. The van der Waals surface area contributed by atoms with Gasteiger partial charge in [0.25, 0.3) is 0 Å². The van der Waals surface area contributed by atoms with Crippen LogP contribution in [0.4, 0.5) is 0 Å². The molecular weight excluding hydrogens is 387 g/mol. The Hall–Kier alpha value is -0.800. The maximum atomic E-state index is 6.26. The van der Waals surface area contributed by atoms with Crippen LogP contribution in [0.15, 0.2) is 59.1 Å². The molecular formula is C17H11BrCl2S. The molecule has 0 atom stereocenters. The van der Waals surface area contributed by atoms with Crippen molar-refractivity contribution in [3.63, 3.8) is 0 Å². The molecule has 0 aliphatic heterocycles. The monoisotopic (exact) mass is 396 g/mol. The van der Waals surface area contributed by atoms with Crippen molar-refractivity contribution in [2.45, 2.75) is 6.42 Å². The van der Waals surface area contributed by atoms with Crippen molar-refractivity contribution in [1.82, 2.24) is 0 Å². The van der Waals surface area contributed by atoms with Crippen LogP contribution >= 0.6 is 50.5 Å². The Bertz CT molecular complexity index is 780. The fourth-order valence-electron chi connectivity index (χ4n) is 2.14. The minimum absolute atomic E-state index is 0.762. The Morgan fingerprint density at radius 3 is 2.62 bits per heavy atom. The lowest BCUT2D eigenvalue weighted by Crippen LogP contribution is -1.86. The van der Waals surface area contributed by atoms with Crippen LogP contribution in [-0.2, 0) is 6.42 Å². The van der Waals surface area contributed by atoms with Gasteiger partial charge in [-0.2, -0.15) is 0 Å². The van der Waals surface area contributed by atoms with E-state index in [-0.39, 0.29) is 0 Å². The zero-order valence-electron chi connectivity index (χ0n) is 10.9. The first kappa shape index (κ1) is 15.1. The van der Waals surface area contributed by atoms with Gasteiger partial charge in [-0.25, -0.2) is 0 Å². The van der Waals surface area contributed by atoms with Gasteiger partial charge < -0.3 is 0 Å². The molecule has 0 aliphatic carbocycles. The van der Waals surface area contributed by atoms with Crippen LogP contribution in [0, 0.1) is 0 Å². The summed E-state index contributed by atoms with van der Waals surface area (Å²) in [7, 11) is 0. The van der Waals surface area contributed by atoms with Crippen LogP contribution in [0.1, 0.15) is 10.4 Å². The van der Waals surface area contributed by atoms with E-state index in [1.165, 1.54) is 9.75 Å². The second kappa shape index (κ2) is 6.53. The molecule has 0 fully saturated rings. The molecule has 0 bridgehead atoms. The average Bonchev–Trinajstić information content (AvgIpc) is 2.91. The summed E-state index contributed by atoms with van der Waals surface area (Å²) in [6, 6.07) is 18.2. The van der Waals surface area contributed by atoms with Gasteiger partial charge in [-0.3, -0.25) is 0 Å². The zero-order chi connectivity index (χ0) is 14.8. The second-order valence-corrected chi connectivity index (χ2v) is 7.62. The molecule has 0 spiro atoms. The standard InChI is InChI=1S/C17H11BrCl2S/c18-13-4-6-16(20)12(8-13)10-15-5-7-17(21-15)11-2-1-3-14(19)9-11/h1-9H,10H2. The van der Waals surface area contributed by atoms with Crippen molar-refractivity contribution in [2.75, 3.05) is 0 Å². The maximum absolute atomic E-state index is 6.26. The molecule has 0 unspecified atom stereocenters. The Morgan fingerprint density at radius 1 is 0.952 bits per heavy atom. The predicted molar refractivity (Wildman–Crippen MR) is 96.7 cm³/mol. The fraction of sp³-hybridized carbons (Fsp3) is 0.0588. The summed E-state index contributed by atoms with van der Waals surface area (Å²) in [5.41, 5.74) is 2.28. The normalized spacial score (nSPS) is 10.8. The van der Waals surface area contributed by atoms with Crippen molar-refractivity contribution >= 4 is 50.5 Å². The van der Waals surface area contributed by atoms with Gasteiger partial charge in [0.2, 0.25) is 0 Å². The summed E-state index contributed by atoms with van der Waals surface area (Å²) in [6.07, 6.45) is 0.837. The van der Waals surface area contributed by atoms with E-state index in [0.29, 0.717) is 0 Å². The molecule has 0 nitrogen and oxygen atoms in total. The number of thiophene rings is 1. The first-order valence-electron chi connectivity index (χ1n) is 6.40. The third-order valence-electron chi connectivity index (χ3n) is 3.14. The summed E-state index contributed by atoms with van der Waals surface area (Å²) in [5, 5.41) is 1.56. The largest absolute Gasteiger partial charge is 0.140 e. The molecule has 0 aliphatic rings. The number of halogens is 3. The summed E-state index contributed by atoms with van der Waals surface area (Å²) < 4.78 is 1.05. The Morgan fingerprint density at radius 2 is 1.81 bits per heavy atom. The van der Waals surface area contributed by atoms with E-state index in [1.807, 2.05) is 30.3 Å². The molecule has 0 N–H and O–H groups in total. The van der Waals surface area contributed by atoms with Crippen LogP contribution in [0.25, 0.3) is 10.4 Å². The summed E-state index contributed by atoms with van der Waals surface area (Å²) in [5.74, 6) is 0. The highest BCUT2D eigenvalue weighted by molar-refractivity contribution is 9.10. The van der Waals surface area contributed by atoms with Gasteiger partial charge in [-0.1, -0.05) is 51.3 Å². The first-order valence-corrected chi connectivity index (χ1v) is 8.77. The topological polar surface area (TPSA) is 0 Å². The number of hydrogen-bond acceptors (Lipinski definition) is 1. The smallest absolute Gasteiger partial charge is 0.0442 e. The number of benzene rings is 2. The van der Waals surface area contributed by atoms with Crippen LogP contribution in [0.3, 0.4) is 0 Å². The third kappa shape index (κ3) is 3.70. The van der Waals surface area contributed by atoms with Crippen molar-refractivity contribution in [2.24, 2.45) is 0 Å². The van der Waals surface area contributed by atoms with E-state index in [4.69, 9.17) is 23.2 Å². The number of hydrogen-bond donors (Lipinski definition) is 0. The van der Waals surface area contributed by atoms with E-state index in [9.17, 15) is 0 Å². The predicted octanol–water partition coefficient (Wildman–Crippen LogP) is 7.08. The Balaban J connectivity index is 1.87. The molecule has 3 rings (SSSR count).